The molecule has 3 aromatic rings. The van der Waals surface area contributed by atoms with Crippen LogP contribution in [0.2, 0.25) is 0 Å². The van der Waals surface area contributed by atoms with E-state index in [1.165, 1.54) is 11.3 Å². The van der Waals surface area contributed by atoms with E-state index in [9.17, 15) is 4.79 Å². The van der Waals surface area contributed by atoms with Crippen LogP contribution >= 0.6 is 11.3 Å². The van der Waals surface area contributed by atoms with Crippen LogP contribution in [-0.4, -0.2) is 15.4 Å². The van der Waals surface area contributed by atoms with Crippen molar-refractivity contribution in [3.63, 3.8) is 0 Å². The molecule has 2 aromatic heterocycles. The molecule has 0 unspecified atom stereocenters. The normalized spacial score (nSPS) is 11.3. The van der Waals surface area contributed by atoms with Crippen LogP contribution < -0.4 is 5.63 Å². The molecule has 0 aliphatic carbocycles. The number of hydrogen-bond acceptors (Lipinski definition) is 7. The minimum absolute atomic E-state index is 0.175. The van der Waals surface area contributed by atoms with Gasteiger partial charge in [-0.2, -0.15) is 0 Å². The minimum Gasteiger partial charge on any atom is -0.336 e. The molecule has 7 nitrogen and oxygen atoms in total. The maximum Gasteiger partial charge on any atom is 0.384 e. The molecule has 0 spiro atoms. The number of nitrogens with zero attached hydrogens (tertiary/aromatic N) is 4. The van der Waals surface area contributed by atoms with Crippen LogP contribution in [0.4, 0.5) is 10.8 Å². The zero-order valence-electron chi connectivity index (χ0n) is 11.1. The van der Waals surface area contributed by atoms with Gasteiger partial charge in [0.05, 0.1) is 5.69 Å². The van der Waals surface area contributed by atoms with Crippen LogP contribution in [0.15, 0.2) is 49.9 Å². The Morgan fingerprint density at radius 3 is 2.81 bits per heavy atom. The molecular formula is C13H11N5O2S. The molecule has 106 valence electrons. The highest BCUT2D eigenvalue weighted by molar-refractivity contribution is 7.18. The van der Waals surface area contributed by atoms with Gasteiger partial charge in [0.25, 0.3) is 5.13 Å². The third kappa shape index (κ3) is 2.79. The second kappa shape index (κ2) is 5.80. The number of azo groups is 1. The lowest BCUT2D eigenvalue weighted by molar-refractivity contribution is 0.386. The Morgan fingerprint density at radius 2 is 2.05 bits per heavy atom. The fraction of sp³-hybridized carbons (Fsp3) is 0.154. The molecule has 1 aromatic carbocycles. The molecule has 0 saturated heterocycles. The van der Waals surface area contributed by atoms with Gasteiger partial charge < -0.3 is 4.52 Å². The van der Waals surface area contributed by atoms with Crippen molar-refractivity contribution in [2.45, 2.75) is 13.3 Å². The Balaban J connectivity index is 1.86. The summed E-state index contributed by atoms with van der Waals surface area (Å²) < 4.78 is 4.68. The summed E-state index contributed by atoms with van der Waals surface area (Å²) in [6.07, 6.45) is 0.603. The van der Waals surface area contributed by atoms with Gasteiger partial charge in [-0.25, -0.2) is 9.95 Å². The number of rotatable bonds is 4. The molecule has 0 fully saturated rings. The molecule has 0 amide bonds. The number of nitrogens with one attached hydrogen (secondary N) is 1. The topological polar surface area (TPSA) is 96.5 Å². The zero-order valence-corrected chi connectivity index (χ0v) is 11.9. The van der Waals surface area contributed by atoms with Crippen molar-refractivity contribution in [3.05, 3.63) is 46.4 Å². The van der Waals surface area contributed by atoms with E-state index < -0.39 is 5.63 Å². The smallest absolute Gasteiger partial charge is 0.336 e. The number of aromatic nitrogens is 3. The molecule has 0 radical (unpaired) electrons. The Bertz CT molecular complexity index is 818. The second-order valence-electron chi connectivity index (χ2n) is 4.13. The second-order valence-corrected chi connectivity index (χ2v) is 5.08. The average molecular weight is 301 g/mol. The molecule has 0 aliphatic heterocycles. The zero-order chi connectivity index (χ0) is 14.7. The summed E-state index contributed by atoms with van der Waals surface area (Å²) in [6, 6.07) is 9.67. The van der Waals surface area contributed by atoms with E-state index in [0.717, 1.165) is 10.6 Å². The maximum atomic E-state index is 11.5. The van der Waals surface area contributed by atoms with E-state index in [2.05, 4.69) is 30.1 Å². The highest BCUT2D eigenvalue weighted by atomic mass is 32.1. The van der Waals surface area contributed by atoms with Crippen LogP contribution in [-0.2, 0) is 6.42 Å². The summed E-state index contributed by atoms with van der Waals surface area (Å²) in [5.74, 6) is 0. The summed E-state index contributed by atoms with van der Waals surface area (Å²) in [5.41, 5.74) is 1.21. The lowest BCUT2D eigenvalue weighted by Crippen LogP contribution is -1.90. The Hall–Kier alpha value is -2.61. The summed E-state index contributed by atoms with van der Waals surface area (Å²) in [5, 5.41) is 19.5. The van der Waals surface area contributed by atoms with Crippen molar-refractivity contribution in [1.29, 1.82) is 0 Å². The predicted octanol–water partition coefficient (Wildman–Crippen LogP) is 3.46. The summed E-state index contributed by atoms with van der Waals surface area (Å²) in [4.78, 5) is 11.5. The number of hydrogen-bond donors (Lipinski definition) is 1. The van der Waals surface area contributed by atoms with Crippen molar-refractivity contribution in [1.82, 2.24) is 15.4 Å². The van der Waals surface area contributed by atoms with E-state index in [1.54, 1.807) is 0 Å². The largest absolute Gasteiger partial charge is 0.384 e. The van der Waals surface area contributed by atoms with Gasteiger partial charge in [0.15, 0.2) is 5.69 Å². The number of aromatic amines is 1. The van der Waals surface area contributed by atoms with E-state index in [4.69, 9.17) is 0 Å². The van der Waals surface area contributed by atoms with Crippen molar-refractivity contribution < 1.29 is 4.52 Å². The molecule has 0 atom stereocenters. The Morgan fingerprint density at radius 1 is 1.24 bits per heavy atom. The van der Waals surface area contributed by atoms with Crippen molar-refractivity contribution in [2.24, 2.45) is 10.2 Å². The van der Waals surface area contributed by atoms with Gasteiger partial charge in [0.1, 0.15) is 5.01 Å². The fourth-order valence-corrected chi connectivity index (χ4v) is 2.39. The van der Waals surface area contributed by atoms with Crippen LogP contribution in [0.5, 0.6) is 0 Å². The third-order valence-electron chi connectivity index (χ3n) is 2.77. The number of aryl methyl sites for hydroxylation is 1. The third-order valence-corrected chi connectivity index (χ3v) is 3.63. The van der Waals surface area contributed by atoms with E-state index in [-0.39, 0.29) is 5.69 Å². The molecule has 3 rings (SSSR count). The fourth-order valence-electron chi connectivity index (χ4n) is 1.71. The molecule has 8 heteroatoms. The van der Waals surface area contributed by atoms with Gasteiger partial charge in [-0.1, -0.05) is 48.6 Å². The number of H-pyrrole nitrogens is 1. The van der Waals surface area contributed by atoms with Crippen LogP contribution in [0, 0.1) is 0 Å². The highest BCUT2D eigenvalue weighted by Gasteiger charge is 2.10. The molecular weight excluding hydrogens is 290 g/mol. The highest BCUT2D eigenvalue weighted by Crippen LogP contribution is 2.28. The first kappa shape index (κ1) is 13.4. The first-order valence-corrected chi connectivity index (χ1v) is 7.10. The van der Waals surface area contributed by atoms with Gasteiger partial charge in [0.2, 0.25) is 0 Å². The standard InChI is InChI=1S/C13H11N5O2S/c1-2-9-10(12(19)20-18-9)14-16-13-17-15-11(21-13)8-6-4-3-5-7-8/h3-7,18H,2H2,1H3. The van der Waals surface area contributed by atoms with Gasteiger partial charge in [-0.05, 0) is 6.42 Å². The van der Waals surface area contributed by atoms with Crippen LogP contribution in [0.3, 0.4) is 0 Å². The quantitative estimate of drug-likeness (QED) is 0.746. The predicted molar refractivity (Wildman–Crippen MR) is 78.2 cm³/mol. The minimum atomic E-state index is -0.539. The van der Waals surface area contributed by atoms with Gasteiger partial charge in [-0.3, -0.25) is 0 Å². The Labute approximate surface area is 123 Å². The van der Waals surface area contributed by atoms with Crippen molar-refractivity contribution >= 4 is 22.2 Å². The SMILES string of the molecule is CCc1[nH]oc(=O)c1N=Nc1nnc(-c2ccccc2)s1. The van der Waals surface area contributed by atoms with E-state index in [0.29, 0.717) is 17.2 Å². The van der Waals surface area contributed by atoms with Crippen LogP contribution in [0.25, 0.3) is 10.6 Å². The molecule has 1 N–H and O–H groups in total. The van der Waals surface area contributed by atoms with Gasteiger partial charge in [0, 0.05) is 5.56 Å². The lowest BCUT2D eigenvalue weighted by atomic mass is 10.2. The molecule has 2 heterocycles. The van der Waals surface area contributed by atoms with Gasteiger partial charge in [-0.15, -0.1) is 20.4 Å². The first-order valence-electron chi connectivity index (χ1n) is 6.29. The monoisotopic (exact) mass is 301 g/mol. The lowest BCUT2D eigenvalue weighted by Gasteiger charge is -1.90. The average Bonchev–Trinajstić information content (AvgIpc) is 3.13. The summed E-state index contributed by atoms with van der Waals surface area (Å²) in [6.45, 7) is 1.89. The molecule has 21 heavy (non-hydrogen) atoms. The molecule has 0 aliphatic rings. The summed E-state index contributed by atoms with van der Waals surface area (Å²) >= 11 is 1.30. The van der Waals surface area contributed by atoms with Crippen molar-refractivity contribution in [2.75, 3.05) is 0 Å². The van der Waals surface area contributed by atoms with E-state index in [1.807, 2.05) is 37.3 Å². The van der Waals surface area contributed by atoms with Gasteiger partial charge >= 0.3 is 5.63 Å². The maximum absolute atomic E-state index is 11.5. The number of benzene rings is 1. The molecule has 0 saturated carbocycles. The van der Waals surface area contributed by atoms with Crippen molar-refractivity contribution in [3.8, 4) is 10.6 Å². The Kier molecular flexibility index (Phi) is 3.69. The first-order chi connectivity index (χ1) is 10.3. The summed E-state index contributed by atoms with van der Waals surface area (Å²) in [7, 11) is 0. The van der Waals surface area contributed by atoms with Crippen LogP contribution in [0.1, 0.15) is 12.6 Å². The molecule has 0 bridgehead atoms. The van der Waals surface area contributed by atoms with E-state index >= 15 is 0 Å².